The van der Waals surface area contributed by atoms with Crippen LogP contribution in [0.1, 0.15) is 18.1 Å². The zero-order valence-electron chi connectivity index (χ0n) is 15.5. The minimum Gasteiger partial charge on any atom is -0.310 e. The Morgan fingerprint density at radius 1 is 1.07 bits per heavy atom. The first-order chi connectivity index (χ1) is 13.1. The molecule has 3 aromatic rings. The third-order valence-corrected chi connectivity index (χ3v) is 6.50. The number of hydrogen-bond acceptors (Lipinski definition) is 6. The lowest BCUT2D eigenvalue weighted by Gasteiger charge is -2.19. The number of ketones is 2. The summed E-state index contributed by atoms with van der Waals surface area (Å²) in [4.78, 5) is 24.7. The molecular formula is C21H24N2O2S2. The van der Waals surface area contributed by atoms with Gasteiger partial charge in [-0.3, -0.25) is 9.59 Å². The van der Waals surface area contributed by atoms with Gasteiger partial charge in [0.1, 0.15) is 5.78 Å². The van der Waals surface area contributed by atoms with Crippen molar-refractivity contribution in [2.24, 2.45) is 0 Å². The topological polar surface area (TPSA) is 58.2 Å². The molecule has 27 heavy (non-hydrogen) atoms. The van der Waals surface area contributed by atoms with E-state index < -0.39 is 0 Å². The van der Waals surface area contributed by atoms with E-state index in [0.717, 1.165) is 11.1 Å². The van der Waals surface area contributed by atoms with Crippen LogP contribution in [0.25, 0.3) is 10.1 Å². The molecule has 0 saturated heterocycles. The average molecular weight is 401 g/mol. The van der Waals surface area contributed by atoms with Crippen LogP contribution in [0.2, 0.25) is 0 Å². The van der Waals surface area contributed by atoms with Crippen molar-refractivity contribution >= 4 is 44.3 Å². The molecule has 0 aliphatic heterocycles. The molecular weight excluding hydrogens is 376 g/mol. The van der Waals surface area contributed by atoms with Gasteiger partial charge in [-0.05, 0) is 71.6 Å². The van der Waals surface area contributed by atoms with Crippen LogP contribution >= 0.6 is 22.7 Å². The molecule has 0 aliphatic carbocycles. The minimum atomic E-state index is -0.356. The predicted molar refractivity (Wildman–Crippen MR) is 114 cm³/mol. The number of carbonyl (C=O) groups is 2. The van der Waals surface area contributed by atoms with Gasteiger partial charge < -0.3 is 10.6 Å². The van der Waals surface area contributed by atoms with Crippen LogP contribution in [0.15, 0.2) is 46.5 Å². The Labute approximate surface area is 167 Å². The molecule has 0 bridgehead atoms. The van der Waals surface area contributed by atoms with E-state index in [4.69, 9.17) is 0 Å². The Hall–Kier alpha value is -1.86. The van der Waals surface area contributed by atoms with Gasteiger partial charge in [-0.1, -0.05) is 18.2 Å². The number of rotatable bonds is 10. The van der Waals surface area contributed by atoms with Gasteiger partial charge in [-0.25, -0.2) is 0 Å². The van der Waals surface area contributed by atoms with Crippen LogP contribution in [0.3, 0.4) is 0 Å². The highest BCUT2D eigenvalue weighted by molar-refractivity contribution is 7.17. The Morgan fingerprint density at radius 2 is 1.89 bits per heavy atom. The lowest BCUT2D eigenvalue weighted by atomic mass is 10.0. The van der Waals surface area contributed by atoms with E-state index in [1.165, 1.54) is 10.1 Å². The van der Waals surface area contributed by atoms with Gasteiger partial charge in [-0.15, -0.1) is 11.3 Å². The van der Waals surface area contributed by atoms with Gasteiger partial charge in [0.25, 0.3) is 0 Å². The number of nitrogens with one attached hydrogen (secondary N) is 2. The lowest BCUT2D eigenvalue weighted by Crippen LogP contribution is -2.46. The van der Waals surface area contributed by atoms with E-state index in [1.54, 1.807) is 36.6 Å². The van der Waals surface area contributed by atoms with Crippen LogP contribution in [0.5, 0.6) is 0 Å². The first-order valence-electron chi connectivity index (χ1n) is 8.98. The molecule has 0 aliphatic rings. The maximum atomic E-state index is 12.6. The van der Waals surface area contributed by atoms with E-state index in [0.29, 0.717) is 12.8 Å². The van der Waals surface area contributed by atoms with Crippen LogP contribution in [-0.4, -0.2) is 37.2 Å². The molecule has 4 nitrogen and oxygen atoms in total. The molecule has 0 amide bonds. The molecule has 3 rings (SSSR count). The number of likely N-dealkylation sites (N-methyl/N-ethyl adjacent to an activating group) is 1. The average Bonchev–Trinajstić information content (AvgIpc) is 3.32. The van der Waals surface area contributed by atoms with E-state index in [9.17, 15) is 9.59 Å². The maximum absolute atomic E-state index is 12.6. The van der Waals surface area contributed by atoms with Gasteiger partial charge >= 0.3 is 0 Å². The first kappa shape index (κ1) is 19.9. The van der Waals surface area contributed by atoms with Crippen LogP contribution in [-0.2, 0) is 22.4 Å². The number of fused-ring (bicyclic) bond motifs is 1. The van der Waals surface area contributed by atoms with Gasteiger partial charge in [0.05, 0.1) is 18.6 Å². The molecule has 0 spiro atoms. The van der Waals surface area contributed by atoms with Crippen molar-refractivity contribution in [3.8, 4) is 0 Å². The van der Waals surface area contributed by atoms with E-state index >= 15 is 0 Å². The van der Waals surface area contributed by atoms with E-state index in [2.05, 4.69) is 33.5 Å². The van der Waals surface area contributed by atoms with Crippen LogP contribution in [0.4, 0.5) is 0 Å². The molecule has 6 heteroatoms. The summed E-state index contributed by atoms with van der Waals surface area (Å²) in [5, 5.41) is 13.7. The Kier molecular flexibility index (Phi) is 6.90. The van der Waals surface area contributed by atoms with Crippen molar-refractivity contribution in [3.05, 3.63) is 57.6 Å². The number of thiophene rings is 2. The zero-order valence-corrected chi connectivity index (χ0v) is 17.2. The van der Waals surface area contributed by atoms with Crippen molar-refractivity contribution in [3.63, 3.8) is 0 Å². The standard InChI is InChI=1S/C21H24N2O2S2/c1-14(24)18(10-16-13-27-21-6-4-3-5-17(16)21)23-11-20(25)19(22-2)9-15-7-8-26-12-15/h3-8,12-13,18-19,22-23H,9-11H2,1-2H3/t18-,19-/m0/s1. The molecule has 0 unspecified atom stereocenters. The van der Waals surface area contributed by atoms with E-state index in [1.807, 2.05) is 23.6 Å². The fourth-order valence-corrected chi connectivity index (χ4v) is 4.80. The highest BCUT2D eigenvalue weighted by atomic mass is 32.1. The summed E-state index contributed by atoms with van der Waals surface area (Å²) in [6.07, 6.45) is 1.27. The molecule has 0 saturated carbocycles. The molecule has 0 fully saturated rings. The van der Waals surface area contributed by atoms with Gasteiger partial charge in [-0.2, -0.15) is 11.3 Å². The van der Waals surface area contributed by atoms with Crippen molar-refractivity contribution in [1.29, 1.82) is 0 Å². The SMILES string of the molecule is CN[C@@H](Cc1ccsc1)C(=O)CN[C@@H](Cc1csc2ccccc12)C(C)=O. The quantitative estimate of drug-likeness (QED) is 0.547. The van der Waals surface area contributed by atoms with Gasteiger partial charge in [0.15, 0.2) is 5.78 Å². The van der Waals surface area contributed by atoms with Crippen LogP contribution in [0, 0.1) is 0 Å². The smallest absolute Gasteiger partial charge is 0.163 e. The summed E-state index contributed by atoms with van der Waals surface area (Å²) in [7, 11) is 1.80. The fourth-order valence-electron chi connectivity index (χ4n) is 3.14. The molecule has 0 radical (unpaired) electrons. The molecule has 2 atom stereocenters. The number of Topliss-reactive ketones (excluding diaryl/α,β-unsaturated/α-hetero) is 2. The number of carbonyl (C=O) groups excluding carboxylic acids is 2. The summed E-state index contributed by atoms with van der Waals surface area (Å²) in [5.41, 5.74) is 2.31. The van der Waals surface area contributed by atoms with Gasteiger partial charge in [0.2, 0.25) is 0 Å². The van der Waals surface area contributed by atoms with E-state index in [-0.39, 0.29) is 30.2 Å². The van der Waals surface area contributed by atoms with Crippen molar-refractivity contribution in [2.75, 3.05) is 13.6 Å². The fraction of sp³-hybridized carbons (Fsp3) is 0.333. The highest BCUT2D eigenvalue weighted by Gasteiger charge is 2.21. The number of hydrogen-bond donors (Lipinski definition) is 2. The van der Waals surface area contributed by atoms with Crippen LogP contribution < -0.4 is 10.6 Å². The second-order valence-electron chi connectivity index (χ2n) is 6.65. The second-order valence-corrected chi connectivity index (χ2v) is 8.34. The predicted octanol–water partition coefficient (Wildman–Crippen LogP) is 3.45. The molecule has 1 aromatic carbocycles. The minimum absolute atomic E-state index is 0.0527. The Balaban J connectivity index is 1.62. The Morgan fingerprint density at radius 3 is 2.59 bits per heavy atom. The van der Waals surface area contributed by atoms with Crippen molar-refractivity contribution in [2.45, 2.75) is 31.8 Å². The summed E-state index contributed by atoms with van der Waals surface area (Å²) in [5.74, 6) is 0.127. The first-order valence-corrected chi connectivity index (χ1v) is 10.8. The second kappa shape index (κ2) is 9.37. The molecule has 2 aromatic heterocycles. The largest absolute Gasteiger partial charge is 0.310 e. The highest BCUT2D eigenvalue weighted by Crippen LogP contribution is 2.26. The monoisotopic (exact) mass is 400 g/mol. The molecule has 2 heterocycles. The normalized spacial score (nSPS) is 13.6. The third-order valence-electron chi connectivity index (χ3n) is 4.76. The zero-order chi connectivity index (χ0) is 19.2. The summed E-state index contributed by atoms with van der Waals surface area (Å²) in [6.45, 7) is 1.76. The number of benzene rings is 1. The summed E-state index contributed by atoms with van der Waals surface area (Å²) >= 11 is 3.32. The Bertz CT molecular complexity index is 902. The summed E-state index contributed by atoms with van der Waals surface area (Å²) in [6, 6.07) is 9.64. The van der Waals surface area contributed by atoms with Crippen molar-refractivity contribution < 1.29 is 9.59 Å². The maximum Gasteiger partial charge on any atom is 0.163 e. The summed E-state index contributed by atoms with van der Waals surface area (Å²) < 4.78 is 1.22. The molecule has 2 N–H and O–H groups in total. The van der Waals surface area contributed by atoms with Crippen molar-refractivity contribution in [1.82, 2.24) is 10.6 Å². The van der Waals surface area contributed by atoms with Gasteiger partial charge in [0, 0.05) is 4.70 Å². The third kappa shape index (κ3) is 5.11. The lowest BCUT2D eigenvalue weighted by molar-refractivity contribution is -0.121. The molecule has 142 valence electrons.